The third-order valence-electron chi connectivity index (χ3n) is 6.81. The van der Waals surface area contributed by atoms with Gasteiger partial charge < -0.3 is 15.4 Å². The number of nitrogens with one attached hydrogen (secondary N) is 2. The molecule has 1 aliphatic heterocycles. The highest BCUT2D eigenvalue weighted by Gasteiger charge is 2.32. The van der Waals surface area contributed by atoms with Crippen molar-refractivity contribution in [3.8, 4) is 0 Å². The van der Waals surface area contributed by atoms with Crippen molar-refractivity contribution < 1.29 is 14.3 Å². The van der Waals surface area contributed by atoms with E-state index in [1.54, 1.807) is 24.5 Å². The molecule has 0 saturated carbocycles. The number of pyridine rings is 1. The lowest BCUT2D eigenvalue weighted by Crippen LogP contribution is -2.42. The number of hydrogen-bond acceptors (Lipinski definition) is 5. The Labute approximate surface area is 192 Å². The summed E-state index contributed by atoms with van der Waals surface area (Å²) in [6, 6.07) is 3.45. The van der Waals surface area contributed by atoms with Gasteiger partial charge in [0.15, 0.2) is 0 Å². The molecule has 2 amide bonds. The van der Waals surface area contributed by atoms with E-state index in [4.69, 9.17) is 4.74 Å². The molecule has 1 aromatic heterocycles. The molecule has 0 spiro atoms. The molecule has 2 aliphatic rings. The lowest BCUT2D eigenvalue weighted by molar-refractivity contribution is -0.122. The average molecular weight is 443 g/mol. The standard InChI is InChI=1S/C25H38N4O3/c1-18(2)23-15-21(16-24(30)27-8-9-29-10-12-32-13-11-29)19(3)14-22(23)17-28-25(31)20-4-6-26-7-5-20/h4-7,14,18,21-23H,8-13,15-17H2,1-3H3,(H,27,30)(H,28,31). The fraction of sp³-hybridized carbons (Fsp3) is 0.640. The van der Waals surface area contributed by atoms with Gasteiger partial charge in [-0.15, -0.1) is 0 Å². The molecule has 1 aromatic rings. The van der Waals surface area contributed by atoms with E-state index in [-0.39, 0.29) is 23.7 Å². The van der Waals surface area contributed by atoms with Gasteiger partial charge in [0.25, 0.3) is 5.91 Å². The Morgan fingerprint density at radius 1 is 1.19 bits per heavy atom. The maximum Gasteiger partial charge on any atom is 0.251 e. The van der Waals surface area contributed by atoms with Crippen molar-refractivity contribution in [1.29, 1.82) is 0 Å². The number of allylic oxidation sites excluding steroid dienone is 1. The number of carbonyl (C=O) groups excluding carboxylic acids is 2. The summed E-state index contributed by atoms with van der Waals surface area (Å²) in [5.74, 6) is 1.52. The van der Waals surface area contributed by atoms with Gasteiger partial charge in [-0.05, 0) is 49.1 Å². The Balaban J connectivity index is 1.50. The summed E-state index contributed by atoms with van der Waals surface area (Å²) >= 11 is 0. The van der Waals surface area contributed by atoms with Gasteiger partial charge in [0, 0.05) is 57.1 Å². The van der Waals surface area contributed by atoms with Crippen molar-refractivity contribution in [2.24, 2.45) is 23.7 Å². The highest BCUT2D eigenvalue weighted by Crippen LogP contribution is 2.38. The van der Waals surface area contributed by atoms with Crippen LogP contribution in [-0.2, 0) is 9.53 Å². The Morgan fingerprint density at radius 2 is 1.91 bits per heavy atom. The lowest BCUT2D eigenvalue weighted by Gasteiger charge is -2.37. The molecule has 3 atom stereocenters. The molecule has 1 aliphatic carbocycles. The first-order valence-corrected chi connectivity index (χ1v) is 11.9. The molecule has 1 fully saturated rings. The van der Waals surface area contributed by atoms with Crippen LogP contribution >= 0.6 is 0 Å². The first kappa shape index (κ1) is 24.4. The fourth-order valence-corrected chi connectivity index (χ4v) is 4.80. The van der Waals surface area contributed by atoms with E-state index >= 15 is 0 Å². The SMILES string of the molecule is CC1=CC(CNC(=O)c2ccncc2)C(C(C)C)CC1CC(=O)NCCN1CCOCC1. The molecular weight excluding hydrogens is 404 g/mol. The molecule has 32 heavy (non-hydrogen) atoms. The lowest BCUT2D eigenvalue weighted by atomic mass is 9.69. The molecule has 0 aromatic carbocycles. The predicted molar refractivity (Wildman–Crippen MR) is 125 cm³/mol. The number of morpholine rings is 1. The summed E-state index contributed by atoms with van der Waals surface area (Å²) in [5.41, 5.74) is 1.89. The third kappa shape index (κ3) is 7.14. The second-order valence-corrected chi connectivity index (χ2v) is 9.37. The number of hydrogen-bond donors (Lipinski definition) is 2. The van der Waals surface area contributed by atoms with E-state index in [9.17, 15) is 9.59 Å². The second-order valence-electron chi connectivity index (χ2n) is 9.37. The third-order valence-corrected chi connectivity index (χ3v) is 6.81. The van der Waals surface area contributed by atoms with Crippen molar-refractivity contribution in [3.63, 3.8) is 0 Å². The molecule has 1 saturated heterocycles. The predicted octanol–water partition coefficient (Wildman–Crippen LogP) is 2.50. The topological polar surface area (TPSA) is 83.6 Å². The highest BCUT2D eigenvalue weighted by atomic mass is 16.5. The summed E-state index contributed by atoms with van der Waals surface area (Å²) in [5, 5.41) is 6.19. The van der Waals surface area contributed by atoms with Crippen LogP contribution in [0.25, 0.3) is 0 Å². The van der Waals surface area contributed by atoms with Crippen molar-refractivity contribution in [1.82, 2.24) is 20.5 Å². The summed E-state index contributed by atoms with van der Waals surface area (Å²) in [6.07, 6.45) is 7.06. The van der Waals surface area contributed by atoms with E-state index in [0.29, 0.717) is 36.9 Å². The van der Waals surface area contributed by atoms with Crippen molar-refractivity contribution in [2.75, 3.05) is 45.9 Å². The minimum absolute atomic E-state index is 0.0669. The van der Waals surface area contributed by atoms with E-state index in [2.05, 4.69) is 47.4 Å². The normalized spacial score (nSPS) is 24.1. The zero-order valence-corrected chi connectivity index (χ0v) is 19.7. The van der Waals surface area contributed by atoms with E-state index in [0.717, 1.165) is 39.3 Å². The Morgan fingerprint density at radius 3 is 2.59 bits per heavy atom. The van der Waals surface area contributed by atoms with Gasteiger partial charge in [-0.1, -0.05) is 25.5 Å². The van der Waals surface area contributed by atoms with E-state index in [1.807, 2.05) is 0 Å². The Hall–Kier alpha value is -2.25. The van der Waals surface area contributed by atoms with Crippen LogP contribution in [0.4, 0.5) is 0 Å². The zero-order valence-electron chi connectivity index (χ0n) is 19.7. The van der Waals surface area contributed by atoms with Crippen LogP contribution in [0.3, 0.4) is 0 Å². The molecule has 7 nitrogen and oxygen atoms in total. The van der Waals surface area contributed by atoms with Crippen LogP contribution < -0.4 is 10.6 Å². The largest absolute Gasteiger partial charge is 0.379 e. The number of nitrogens with zero attached hydrogens (tertiary/aromatic N) is 2. The number of rotatable bonds is 9. The van der Waals surface area contributed by atoms with Gasteiger partial charge in [-0.3, -0.25) is 19.5 Å². The van der Waals surface area contributed by atoms with Gasteiger partial charge in [-0.25, -0.2) is 0 Å². The van der Waals surface area contributed by atoms with Gasteiger partial charge in [-0.2, -0.15) is 0 Å². The van der Waals surface area contributed by atoms with Gasteiger partial charge in [0.05, 0.1) is 13.2 Å². The fourth-order valence-electron chi connectivity index (χ4n) is 4.80. The molecule has 176 valence electrons. The van der Waals surface area contributed by atoms with Gasteiger partial charge in [0.1, 0.15) is 0 Å². The quantitative estimate of drug-likeness (QED) is 0.574. The summed E-state index contributed by atoms with van der Waals surface area (Å²) in [7, 11) is 0. The summed E-state index contributed by atoms with van der Waals surface area (Å²) < 4.78 is 5.37. The summed E-state index contributed by atoms with van der Waals surface area (Å²) in [6.45, 7) is 12.2. The number of carbonyl (C=O) groups is 2. The molecular formula is C25H38N4O3. The van der Waals surface area contributed by atoms with Crippen LogP contribution in [0.1, 0.15) is 44.0 Å². The second kappa shape index (κ2) is 12.1. The van der Waals surface area contributed by atoms with Crippen LogP contribution in [0, 0.1) is 23.7 Å². The molecule has 3 unspecified atom stereocenters. The smallest absolute Gasteiger partial charge is 0.251 e. The Bertz CT molecular complexity index is 775. The molecule has 7 heteroatoms. The van der Waals surface area contributed by atoms with E-state index < -0.39 is 0 Å². The van der Waals surface area contributed by atoms with Crippen molar-refractivity contribution >= 4 is 11.8 Å². The molecule has 2 heterocycles. The van der Waals surface area contributed by atoms with Gasteiger partial charge >= 0.3 is 0 Å². The Kier molecular flexibility index (Phi) is 9.23. The van der Waals surface area contributed by atoms with Crippen LogP contribution in [0.5, 0.6) is 0 Å². The first-order chi connectivity index (χ1) is 15.4. The highest BCUT2D eigenvalue weighted by molar-refractivity contribution is 5.93. The maximum atomic E-state index is 12.6. The van der Waals surface area contributed by atoms with Crippen LogP contribution in [0.2, 0.25) is 0 Å². The van der Waals surface area contributed by atoms with Crippen molar-refractivity contribution in [3.05, 3.63) is 41.7 Å². The zero-order chi connectivity index (χ0) is 22.9. The molecule has 0 radical (unpaired) electrons. The number of aromatic nitrogens is 1. The first-order valence-electron chi connectivity index (χ1n) is 11.9. The van der Waals surface area contributed by atoms with Gasteiger partial charge in [0.2, 0.25) is 5.91 Å². The maximum absolute atomic E-state index is 12.6. The summed E-state index contributed by atoms with van der Waals surface area (Å²) in [4.78, 5) is 31.3. The van der Waals surface area contributed by atoms with Crippen molar-refractivity contribution in [2.45, 2.75) is 33.6 Å². The minimum atomic E-state index is -0.0669. The number of ether oxygens (including phenoxy) is 1. The molecule has 0 bridgehead atoms. The minimum Gasteiger partial charge on any atom is -0.379 e. The van der Waals surface area contributed by atoms with Crippen LogP contribution in [0.15, 0.2) is 36.2 Å². The van der Waals surface area contributed by atoms with Crippen LogP contribution in [-0.4, -0.2) is 67.6 Å². The monoisotopic (exact) mass is 442 g/mol. The molecule has 2 N–H and O–H groups in total. The molecule has 3 rings (SSSR count). The van der Waals surface area contributed by atoms with E-state index in [1.165, 1.54) is 5.57 Å². The average Bonchev–Trinajstić information content (AvgIpc) is 2.80. The number of amides is 2.